The van der Waals surface area contributed by atoms with Crippen LogP contribution in [0.15, 0.2) is 102 Å². The summed E-state index contributed by atoms with van der Waals surface area (Å²) >= 11 is 0. The van der Waals surface area contributed by atoms with Crippen LogP contribution in [0.2, 0.25) is 0 Å². The molecule has 39 heavy (non-hydrogen) atoms. The van der Waals surface area contributed by atoms with Crippen LogP contribution in [0.1, 0.15) is 21.8 Å². The number of benzene rings is 3. The molecule has 3 aromatic rings. The van der Waals surface area contributed by atoms with E-state index < -0.39 is 17.9 Å². The highest BCUT2D eigenvalue weighted by atomic mass is 16.5. The largest absolute Gasteiger partial charge is 0.466 e. The molecule has 0 aliphatic carbocycles. The van der Waals surface area contributed by atoms with Gasteiger partial charge in [0, 0.05) is 18.3 Å². The highest BCUT2D eigenvalue weighted by Gasteiger charge is 2.42. The summed E-state index contributed by atoms with van der Waals surface area (Å²) in [4.78, 5) is 39.8. The van der Waals surface area contributed by atoms with Gasteiger partial charge in [0.25, 0.3) is 5.91 Å². The molecule has 1 unspecified atom stereocenters. The fraction of sp³-hybridized carbons (Fsp3) is 0.133. The van der Waals surface area contributed by atoms with Crippen molar-refractivity contribution in [1.82, 2.24) is 5.32 Å². The van der Waals surface area contributed by atoms with E-state index in [1.165, 1.54) is 19.1 Å². The molecule has 3 aromatic carbocycles. The van der Waals surface area contributed by atoms with Crippen molar-refractivity contribution in [3.63, 3.8) is 0 Å². The number of allylic oxidation sites excluding steroid dienone is 1. The van der Waals surface area contributed by atoms with Crippen molar-refractivity contribution in [1.29, 1.82) is 5.26 Å². The Bertz CT molecular complexity index is 1540. The number of hydrogen-bond donors (Lipinski definition) is 2. The topological polar surface area (TPSA) is 135 Å². The van der Waals surface area contributed by atoms with Crippen molar-refractivity contribution >= 4 is 23.5 Å². The Kier molecular flexibility index (Phi) is 7.77. The van der Waals surface area contributed by atoms with Gasteiger partial charge in [0.05, 0.1) is 37.4 Å². The highest BCUT2D eigenvalue weighted by molar-refractivity contribution is 6.06. The molecule has 1 aliphatic rings. The number of nitrogens with one attached hydrogen (secondary N) is 1. The minimum atomic E-state index is -0.944. The van der Waals surface area contributed by atoms with Crippen LogP contribution < -0.4 is 16.0 Å². The summed E-state index contributed by atoms with van der Waals surface area (Å²) in [6.45, 7) is 0. The first kappa shape index (κ1) is 26.7. The zero-order valence-corrected chi connectivity index (χ0v) is 21.6. The predicted octanol–water partition coefficient (Wildman–Crippen LogP) is 3.61. The van der Waals surface area contributed by atoms with Crippen LogP contribution in [0.3, 0.4) is 0 Å². The summed E-state index contributed by atoms with van der Waals surface area (Å²) in [5.74, 6) is -2.79. The van der Waals surface area contributed by atoms with E-state index >= 15 is 0 Å². The summed E-state index contributed by atoms with van der Waals surface area (Å²) in [5, 5.41) is 12.8. The molecule has 0 saturated carbocycles. The molecule has 1 atom stereocenters. The van der Waals surface area contributed by atoms with E-state index in [1.54, 1.807) is 79.8 Å². The Morgan fingerprint density at radius 1 is 0.897 bits per heavy atom. The van der Waals surface area contributed by atoms with E-state index in [4.69, 9.17) is 15.2 Å². The van der Waals surface area contributed by atoms with Crippen LogP contribution in [0, 0.1) is 11.3 Å². The molecular formula is C30H26N4O5. The molecule has 0 aromatic heterocycles. The van der Waals surface area contributed by atoms with Gasteiger partial charge in [-0.25, -0.2) is 9.59 Å². The summed E-state index contributed by atoms with van der Waals surface area (Å²) in [6, 6.07) is 25.0. The number of amides is 1. The molecule has 9 heteroatoms. The molecule has 1 aliphatic heterocycles. The first-order valence-corrected chi connectivity index (χ1v) is 11.9. The number of nitrogens with zero attached hydrogens (tertiary/aromatic N) is 2. The number of carbonyl (C=O) groups excluding carboxylic acids is 3. The maximum atomic E-state index is 13.2. The van der Waals surface area contributed by atoms with Gasteiger partial charge in [-0.05, 0) is 41.0 Å². The molecule has 0 spiro atoms. The lowest BCUT2D eigenvalue weighted by Crippen LogP contribution is -2.40. The van der Waals surface area contributed by atoms with Gasteiger partial charge in [0.1, 0.15) is 11.5 Å². The smallest absolute Gasteiger partial charge is 0.355 e. The van der Waals surface area contributed by atoms with Crippen LogP contribution in [-0.2, 0) is 19.1 Å². The molecule has 4 rings (SSSR count). The van der Waals surface area contributed by atoms with E-state index in [-0.39, 0.29) is 28.6 Å². The normalized spacial score (nSPS) is 14.9. The summed E-state index contributed by atoms with van der Waals surface area (Å²) < 4.78 is 10.1. The SMILES string of the molecule is CNC(=O)c1cccc(-c2ccc(N3C(N)=C(C#N)C(c4ccccc4)C(C(=O)OC)=C3C(=O)OC)cc2)c1. The number of rotatable bonds is 6. The number of hydrogen-bond acceptors (Lipinski definition) is 8. The number of ether oxygens (including phenoxy) is 2. The molecule has 0 bridgehead atoms. The first-order valence-electron chi connectivity index (χ1n) is 11.9. The van der Waals surface area contributed by atoms with E-state index in [0.29, 0.717) is 16.8 Å². The summed E-state index contributed by atoms with van der Waals surface area (Å²) in [5.41, 5.74) is 9.51. The second-order valence-electron chi connectivity index (χ2n) is 8.54. The maximum Gasteiger partial charge on any atom is 0.355 e. The standard InChI is InChI=1S/C30H26N4O5/c1-33-28(35)21-11-7-10-20(16-21)18-12-14-22(15-13-18)34-26(30(37)39-3)25(29(36)38-2)24(23(17-31)27(34)32)19-8-5-4-6-9-19/h4-16,24H,32H2,1-3H3,(H,33,35). The Hall–Kier alpha value is -5.36. The highest BCUT2D eigenvalue weighted by Crippen LogP contribution is 2.43. The van der Waals surface area contributed by atoms with E-state index in [0.717, 1.165) is 11.1 Å². The van der Waals surface area contributed by atoms with Crippen LogP contribution in [-0.4, -0.2) is 39.1 Å². The minimum absolute atomic E-state index is 0.0197. The summed E-state index contributed by atoms with van der Waals surface area (Å²) in [6.07, 6.45) is 0. The van der Waals surface area contributed by atoms with Gasteiger partial charge in [-0.1, -0.05) is 54.6 Å². The second kappa shape index (κ2) is 11.4. The van der Waals surface area contributed by atoms with Crippen molar-refractivity contribution in [3.05, 3.63) is 113 Å². The number of esters is 2. The minimum Gasteiger partial charge on any atom is -0.466 e. The van der Waals surface area contributed by atoms with E-state index in [1.807, 2.05) is 6.07 Å². The van der Waals surface area contributed by atoms with Gasteiger partial charge in [0.2, 0.25) is 0 Å². The fourth-order valence-electron chi connectivity index (χ4n) is 4.57. The third-order valence-electron chi connectivity index (χ3n) is 6.42. The number of carbonyl (C=O) groups is 3. The molecule has 0 radical (unpaired) electrons. The molecule has 1 amide bonds. The molecule has 9 nitrogen and oxygen atoms in total. The fourth-order valence-corrected chi connectivity index (χ4v) is 4.57. The van der Waals surface area contributed by atoms with Crippen LogP contribution in [0.4, 0.5) is 5.69 Å². The van der Waals surface area contributed by atoms with Gasteiger partial charge < -0.3 is 20.5 Å². The monoisotopic (exact) mass is 522 g/mol. The van der Waals surface area contributed by atoms with Gasteiger partial charge in [-0.15, -0.1) is 0 Å². The third kappa shape index (κ3) is 4.95. The average molecular weight is 523 g/mol. The van der Waals surface area contributed by atoms with Crippen molar-refractivity contribution in [2.24, 2.45) is 5.73 Å². The van der Waals surface area contributed by atoms with E-state index in [9.17, 15) is 19.6 Å². The number of anilines is 1. The maximum absolute atomic E-state index is 13.2. The van der Waals surface area contributed by atoms with Gasteiger partial charge in [0.15, 0.2) is 0 Å². The lowest BCUT2D eigenvalue weighted by atomic mass is 9.81. The Morgan fingerprint density at radius 2 is 1.56 bits per heavy atom. The first-order chi connectivity index (χ1) is 18.9. The third-order valence-corrected chi connectivity index (χ3v) is 6.42. The number of nitrogens with two attached hydrogens (primary N) is 1. The Labute approximate surface area is 225 Å². The van der Waals surface area contributed by atoms with Crippen LogP contribution in [0.25, 0.3) is 11.1 Å². The van der Waals surface area contributed by atoms with Crippen molar-refractivity contribution < 1.29 is 23.9 Å². The average Bonchev–Trinajstić information content (AvgIpc) is 2.99. The molecule has 196 valence electrons. The Balaban J connectivity index is 1.90. The number of nitriles is 1. The zero-order chi connectivity index (χ0) is 28.1. The van der Waals surface area contributed by atoms with Gasteiger partial charge in [-0.2, -0.15) is 5.26 Å². The van der Waals surface area contributed by atoms with Crippen LogP contribution >= 0.6 is 0 Å². The molecule has 3 N–H and O–H groups in total. The Morgan fingerprint density at radius 3 is 2.15 bits per heavy atom. The van der Waals surface area contributed by atoms with Gasteiger partial charge in [-0.3, -0.25) is 9.69 Å². The van der Waals surface area contributed by atoms with Gasteiger partial charge >= 0.3 is 11.9 Å². The molecular weight excluding hydrogens is 496 g/mol. The molecule has 1 heterocycles. The quantitative estimate of drug-likeness (QED) is 0.469. The summed E-state index contributed by atoms with van der Waals surface area (Å²) in [7, 11) is 3.96. The van der Waals surface area contributed by atoms with Crippen LogP contribution in [0.5, 0.6) is 0 Å². The van der Waals surface area contributed by atoms with E-state index in [2.05, 4.69) is 11.4 Å². The lowest BCUT2D eigenvalue weighted by molar-refractivity contribution is -0.139. The van der Waals surface area contributed by atoms with Crippen molar-refractivity contribution in [3.8, 4) is 17.2 Å². The molecule has 0 saturated heterocycles. The zero-order valence-electron chi connectivity index (χ0n) is 21.6. The number of methoxy groups -OCH3 is 2. The molecule has 0 fully saturated rings. The lowest BCUT2D eigenvalue weighted by Gasteiger charge is -2.36. The second-order valence-corrected chi connectivity index (χ2v) is 8.54. The predicted molar refractivity (Wildman–Crippen MR) is 145 cm³/mol. The van der Waals surface area contributed by atoms with Crippen molar-refractivity contribution in [2.75, 3.05) is 26.2 Å². The van der Waals surface area contributed by atoms with Crippen molar-refractivity contribution in [2.45, 2.75) is 5.92 Å².